The molecule has 1 fully saturated rings. The first-order valence-corrected chi connectivity index (χ1v) is 10.2. The van der Waals surface area contributed by atoms with Crippen LogP contribution in [-0.2, 0) is 24.0 Å². The molecule has 10 heteroatoms. The van der Waals surface area contributed by atoms with Gasteiger partial charge in [0.05, 0.1) is 6.42 Å². The molecule has 1 aliphatic heterocycles. The minimum atomic E-state index is -5.06. The third-order valence-corrected chi connectivity index (χ3v) is 5.63. The predicted octanol–water partition coefficient (Wildman–Crippen LogP) is 2.34. The summed E-state index contributed by atoms with van der Waals surface area (Å²) >= 11 is 0. The van der Waals surface area contributed by atoms with Crippen molar-refractivity contribution in [2.75, 3.05) is 38.0 Å². The van der Waals surface area contributed by atoms with Crippen molar-refractivity contribution in [3.05, 3.63) is 48.0 Å². The van der Waals surface area contributed by atoms with Gasteiger partial charge in [-0.15, -0.1) is 0 Å². The largest absolute Gasteiger partial charge is 0.425 e. The lowest BCUT2D eigenvalue weighted by Crippen LogP contribution is -2.46. The number of alkyl halides is 3. The molecule has 0 radical (unpaired) electrons. The van der Waals surface area contributed by atoms with E-state index in [2.05, 4.69) is 27.0 Å². The first-order chi connectivity index (χ1) is 14.6. The highest BCUT2D eigenvalue weighted by molar-refractivity contribution is 5.91. The lowest BCUT2D eigenvalue weighted by atomic mass is 9.97. The number of aromatic nitrogens is 2. The monoisotopic (exact) mass is 439 g/mol. The van der Waals surface area contributed by atoms with Gasteiger partial charge < -0.3 is 19.9 Å². The third kappa shape index (κ3) is 5.44. The Kier molecular flexibility index (Phi) is 7.03. The summed E-state index contributed by atoms with van der Waals surface area (Å²) in [6.07, 6.45) is -3.82. The van der Waals surface area contributed by atoms with E-state index in [-0.39, 0.29) is 0 Å². The van der Waals surface area contributed by atoms with Crippen molar-refractivity contribution in [1.29, 1.82) is 0 Å². The number of benzene rings is 1. The van der Waals surface area contributed by atoms with Crippen molar-refractivity contribution < 1.29 is 23.1 Å². The summed E-state index contributed by atoms with van der Waals surface area (Å²) in [5.74, 6) is -1.58. The van der Waals surface area contributed by atoms with Gasteiger partial charge in [-0.3, -0.25) is 9.69 Å². The summed E-state index contributed by atoms with van der Waals surface area (Å²) in [4.78, 5) is 20.7. The zero-order valence-electron chi connectivity index (χ0n) is 17.7. The number of anilines is 1. The Morgan fingerprint density at radius 1 is 1.13 bits per heavy atom. The topological polar surface area (TPSA) is 73.6 Å². The molecule has 1 aromatic heterocycles. The van der Waals surface area contributed by atoms with Gasteiger partial charge in [-0.1, -0.05) is 19.1 Å². The van der Waals surface area contributed by atoms with Gasteiger partial charge in [0.15, 0.2) is 5.82 Å². The van der Waals surface area contributed by atoms with E-state index in [0.717, 1.165) is 55.6 Å². The maximum absolute atomic E-state index is 13.6. The highest BCUT2D eigenvalue weighted by Crippen LogP contribution is 2.40. The number of carbonyl (C=O) groups is 1. The number of likely N-dealkylation sites (N-methyl/N-ethyl adjacent to an activating group) is 1. The summed E-state index contributed by atoms with van der Waals surface area (Å²) < 4.78 is 41.8. The minimum Gasteiger partial charge on any atom is -0.374 e. The smallest absolute Gasteiger partial charge is 0.374 e. The van der Waals surface area contributed by atoms with E-state index in [1.807, 2.05) is 12.1 Å². The number of nitrogens with zero attached hydrogens (tertiary/aromatic N) is 4. The van der Waals surface area contributed by atoms with Crippen LogP contribution in [0.3, 0.4) is 0 Å². The van der Waals surface area contributed by atoms with E-state index >= 15 is 0 Å². The fourth-order valence-corrected chi connectivity index (χ4v) is 3.72. The summed E-state index contributed by atoms with van der Waals surface area (Å²) in [5, 5.41) is 12.8. The molecule has 2 aromatic rings. The van der Waals surface area contributed by atoms with Crippen molar-refractivity contribution >= 4 is 11.6 Å². The number of aliphatic hydroxyl groups is 1. The van der Waals surface area contributed by atoms with Gasteiger partial charge in [-0.2, -0.15) is 13.2 Å². The zero-order chi connectivity index (χ0) is 22.6. The minimum absolute atomic E-state index is 0.369. The third-order valence-electron chi connectivity index (χ3n) is 5.63. The number of nitrogens with one attached hydrogen (secondary N) is 1. The van der Waals surface area contributed by atoms with Crippen LogP contribution in [0.1, 0.15) is 24.7 Å². The second-order valence-electron chi connectivity index (χ2n) is 7.85. The highest BCUT2D eigenvalue weighted by Gasteiger charge is 2.58. The van der Waals surface area contributed by atoms with Crippen LogP contribution in [0.25, 0.3) is 0 Å². The lowest BCUT2D eigenvalue weighted by molar-refractivity contribution is -0.270. The molecule has 1 aromatic carbocycles. The van der Waals surface area contributed by atoms with Crippen LogP contribution in [0, 0.1) is 0 Å². The Bertz CT molecular complexity index is 876. The fraction of sp³-hybridized carbons (Fsp3) is 0.524. The quantitative estimate of drug-likeness (QED) is 0.693. The number of amides is 1. The molecule has 0 spiro atoms. The number of aryl methyl sites for hydroxylation is 1. The Balaban J connectivity index is 1.60. The Labute approximate surface area is 179 Å². The van der Waals surface area contributed by atoms with Crippen molar-refractivity contribution in [2.45, 2.75) is 31.7 Å². The van der Waals surface area contributed by atoms with Gasteiger partial charge in [-0.25, -0.2) is 4.98 Å². The average molecular weight is 439 g/mol. The van der Waals surface area contributed by atoms with E-state index in [9.17, 15) is 23.1 Å². The summed E-state index contributed by atoms with van der Waals surface area (Å²) in [5.41, 5.74) is -1.95. The SMILES string of the molecule is CCN1CCN(Cc2ccc(NC(=O)CC(O)(c3nccn3C)C(F)(F)F)cc2)CC1. The molecular formula is C21H28F3N5O2. The number of hydrogen-bond acceptors (Lipinski definition) is 5. The van der Waals surface area contributed by atoms with Gasteiger partial charge in [0.25, 0.3) is 0 Å². The Hall–Kier alpha value is -2.43. The Morgan fingerprint density at radius 2 is 1.74 bits per heavy atom. The fourth-order valence-electron chi connectivity index (χ4n) is 3.72. The normalized spacial score (nSPS) is 18.0. The van der Waals surface area contributed by atoms with E-state index < -0.39 is 29.9 Å². The van der Waals surface area contributed by atoms with Crippen molar-refractivity contribution in [2.24, 2.45) is 7.05 Å². The van der Waals surface area contributed by atoms with Gasteiger partial charge in [0, 0.05) is 57.9 Å². The van der Waals surface area contributed by atoms with Crippen LogP contribution >= 0.6 is 0 Å². The second-order valence-corrected chi connectivity index (χ2v) is 7.85. The number of piperazine rings is 1. The van der Waals surface area contributed by atoms with E-state index in [0.29, 0.717) is 5.69 Å². The number of rotatable bonds is 7. The summed E-state index contributed by atoms with van der Waals surface area (Å²) in [7, 11) is 1.33. The van der Waals surface area contributed by atoms with Crippen LogP contribution in [0.4, 0.5) is 18.9 Å². The molecule has 2 heterocycles. The highest BCUT2D eigenvalue weighted by atomic mass is 19.4. The van der Waals surface area contributed by atoms with Crippen LogP contribution in [0.15, 0.2) is 36.7 Å². The molecule has 1 unspecified atom stereocenters. The van der Waals surface area contributed by atoms with Crippen molar-refractivity contribution in [1.82, 2.24) is 19.4 Å². The number of carbonyl (C=O) groups excluding carboxylic acids is 1. The van der Waals surface area contributed by atoms with Gasteiger partial charge in [-0.05, 0) is 24.2 Å². The molecular weight excluding hydrogens is 411 g/mol. The second kappa shape index (κ2) is 9.37. The lowest BCUT2D eigenvalue weighted by Gasteiger charge is -2.34. The number of halogens is 3. The molecule has 2 N–H and O–H groups in total. The van der Waals surface area contributed by atoms with Gasteiger partial charge in [0.2, 0.25) is 11.5 Å². The molecule has 0 saturated carbocycles. The number of hydrogen-bond donors (Lipinski definition) is 2. The predicted molar refractivity (Wildman–Crippen MR) is 110 cm³/mol. The molecule has 7 nitrogen and oxygen atoms in total. The molecule has 1 atom stereocenters. The van der Waals surface area contributed by atoms with Gasteiger partial charge in [0.1, 0.15) is 0 Å². The summed E-state index contributed by atoms with van der Waals surface area (Å²) in [6, 6.07) is 7.00. The maximum Gasteiger partial charge on any atom is 0.425 e. The first kappa shape index (κ1) is 23.2. The van der Waals surface area contributed by atoms with Crippen LogP contribution in [-0.4, -0.2) is 69.3 Å². The molecule has 1 saturated heterocycles. The molecule has 1 amide bonds. The summed E-state index contributed by atoms with van der Waals surface area (Å²) in [6.45, 7) is 8.00. The zero-order valence-corrected chi connectivity index (χ0v) is 17.7. The van der Waals surface area contributed by atoms with E-state index in [1.165, 1.54) is 13.2 Å². The molecule has 31 heavy (non-hydrogen) atoms. The Morgan fingerprint density at radius 3 is 2.26 bits per heavy atom. The molecule has 1 aliphatic rings. The van der Waals surface area contributed by atoms with E-state index in [4.69, 9.17) is 0 Å². The molecule has 0 bridgehead atoms. The van der Waals surface area contributed by atoms with E-state index in [1.54, 1.807) is 12.1 Å². The maximum atomic E-state index is 13.6. The van der Waals surface area contributed by atoms with Crippen LogP contribution in [0.2, 0.25) is 0 Å². The van der Waals surface area contributed by atoms with Gasteiger partial charge >= 0.3 is 6.18 Å². The first-order valence-electron chi connectivity index (χ1n) is 10.2. The van der Waals surface area contributed by atoms with Crippen LogP contribution in [0.5, 0.6) is 0 Å². The van der Waals surface area contributed by atoms with Crippen molar-refractivity contribution in [3.8, 4) is 0 Å². The number of imidazole rings is 1. The molecule has 170 valence electrons. The molecule has 0 aliphatic carbocycles. The van der Waals surface area contributed by atoms with Crippen LogP contribution < -0.4 is 5.32 Å². The average Bonchev–Trinajstić information content (AvgIpc) is 3.15. The van der Waals surface area contributed by atoms with Crippen molar-refractivity contribution in [3.63, 3.8) is 0 Å². The molecule has 3 rings (SSSR count). The standard InChI is InChI=1S/C21H28F3N5O2/c1-3-28-10-12-29(13-11-28)15-16-4-6-17(7-5-16)26-18(30)14-20(31,21(22,23)24)19-25-8-9-27(19)2/h4-9,31H,3,10-15H2,1-2H3,(H,26,30).